The molecule has 0 spiro atoms. The molecule has 2 fully saturated rings. The third-order valence-electron chi connectivity index (χ3n) is 5.03. The van der Waals surface area contributed by atoms with Crippen molar-refractivity contribution in [3.8, 4) is 0 Å². The van der Waals surface area contributed by atoms with Gasteiger partial charge in [-0.05, 0) is 51.0 Å². The highest BCUT2D eigenvalue weighted by Crippen LogP contribution is 2.39. The van der Waals surface area contributed by atoms with Crippen LogP contribution in [0.25, 0.3) is 0 Å². The first-order valence-electron chi connectivity index (χ1n) is 7.02. The maximum atomic E-state index is 6.20. The molecule has 1 aromatic heterocycles. The molecular weight excluding hydrogens is 278 g/mol. The van der Waals surface area contributed by atoms with E-state index in [9.17, 15) is 0 Å². The SMILES string of the molecule is CN(Cc1ccc(Cl)s1)C1(CN)CCN2CCC1C2. The molecule has 0 aromatic carbocycles. The van der Waals surface area contributed by atoms with Crippen molar-refractivity contribution < 1.29 is 0 Å². The molecule has 106 valence electrons. The highest BCUT2D eigenvalue weighted by Gasteiger charge is 2.47. The fraction of sp³-hybridized carbons (Fsp3) is 0.714. The molecule has 2 saturated heterocycles. The van der Waals surface area contributed by atoms with Crippen LogP contribution in [-0.2, 0) is 6.54 Å². The first-order valence-corrected chi connectivity index (χ1v) is 8.21. The number of rotatable bonds is 4. The topological polar surface area (TPSA) is 32.5 Å². The van der Waals surface area contributed by atoms with Crippen LogP contribution < -0.4 is 5.73 Å². The molecule has 1 aromatic rings. The Kier molecular flexibility index (Phi) is 3.89. The summed E-state index contributed by atoms with van der Waals surface area (Å²) < 4.78 is 0.876. The Morgan fingerprint density at radius 3 is 3.05 bits per heavy atom. The van der Waals surface area contributed by atoms with Crippen molar-refractivity contribution in [1.82, 2.24) is 9.80 Å². The molecule has 3 unspecified atom stereocenters. The summed E-state index contributed by atoms with van der Waals surface area (Å²) in [6.07, 6.45) is 2.50. The lowest BCUT2D eigenvalue weighted by atomic mass is 9.77. The van der Waals surface area contributed by atoms with Gasteiger partial charge in [0.1, 0.15) is 0 Å². The van der Waals surface area contributed by atoms with Crippen molar-refractivity contribution in [1.29, 1.82) is 0 Å². The minimum Gasteiger partial charge on any atom is -0.329 e. The zero-order chi connectivity index (χ0) is 13.5. The zero-order valence-electron chi connectivity index (χ0n) is 11.4. The standard InChI is InChI=1S/C14H22ClN3S/c1-17(9-12-2-3-13(15)19-12)14(10-16)5-7-18-6-4-11(14)8-18/h2-3,11H,4-10,16H2,1H3. The lowest BCUT2D eigenvalue weighted by molar-refractivity contribution is 0.0219. The Balaban J connectivity index is 1.77. The Labute approximate surface area is 124 Å². The van der Waals surface area contributed by atoms with Crippen molar-refractivity contribution in [2.45, 2.75) is 24.9 Å². The van der Waals surface area contributed by atoms with E-state index in [1.54, 1.807) is 11.3 Å². The minimum atomic E-state index is 0.184. The van der Waals surface area contributed by atoms with E-state index < -0.39 is 0 Å². The molecule has 2 bridgehead atoms. The summed E-state index contributed by atoms with van der Waals surface area (Å²) in [5, 5.41) is 0. The van der Waals surface area contributed by atoms with Gasteiger partial charge in [-0.15, -0.1) is 11.3 Å². The van der Waals surface area contributed by atoms with E-state index in [0.29, 0.717) is 0 Å². The average molecular weight is 300 g/mol. The summed E-state index contributed by atoms with van der Waals surface area (Å²) in [4.78, 5) is 6.40. The van der Waals surface area contributed by atoms with E-state index in [4.69, 9.17) is 17.3 Å². The summed E-state index contributed by atoms with van der Waals surface area (Å²) in [5.74, 6) is 0.728. The molecule has 0 radical (unpaired) electrons. The number of thiophene rings is 1. The molecule has 3 atom stereocenters. The molecule has 3 nitrogen and oxygen atoms in total. The highest BCUT2D eigenvalue weighted by atomic mass is 35.5. The molecule has 3 rings (SSSR count). The van der Waals surface area contributed by atoms with Gasteiger partial charge in [-0.1, -0.05) is 11.6 Å². The normalized spacial score (nSPS) is 34.1. The lowest BCUT2D eigenvalue weighted by Crippen LogP contribution is -2.60. The second-order valence-electron chi connectivity index (χ2n) is 5.91. The molecule has 3 heterocycles. The van der Waals surface area contributed by atoms with E-state index in [-0.39, 0.29) is 5.54 Å². The number of nitrogens with two attached hydrogens (primary N) is 1. The molecule has 0 saturated carbocycles. The van der Waals surface area contributed by atoms with Gasteiger partial charge >= 0.3 is 0 Å². The van der Waals surface area contributed by atoms with Crippen LogP contribution in [0, 0.1) is 5.92 Å². The number of likely N-dealkylation sites (N-methyl/N-ethyl adjacent to an activating group) is 1. The molecule has 5 heteroatoms. The van der Waals surface area contributed by atoms with Gasteiger partial charge in [0.05, 0.1) is 4.34 Å². The molecule has 2 aliphatic heterocycles. The number of nitrogens with zero attached hydrogens (tertiary/aromatic N) is 2. The molecule has 0 aliphatic carbocycles. The molecule has 2 N–H and O–H groups in total. The van der Waals surface area contributed by atoms with Crippen molar-refractivity contribution >= 4 is 22.9 Å². The number of fused-ring (bicyclic) bond motifs is 2. The zero-order valence-corrected chi connectivity index (χ0v) is 13.0. The summed E-state index contributed by atoms with van der Waals surface area (Å²) in [7, 11) is 2.23. The van der Waals surface area contributed by atoms with Crippen molar-refractivity contribution in [3.63, 3.8) is 0 Å². The number of hydrogen-bond donors (Lipinski definition) is 1. The van der Waals surface area contributed by atoms with Crippen LogP contribution in [0.5, 0.6) is 0 Å². The number of hydrogen-bond acceptors (Lipinski definition) is 4. The number of piperidine rings is 1. The average Bonchev–Trinajstić information content (AvgIpc) is 2.98. The second kappa shape index (κ2) is 5.34. The predicted molar refractivity (Wildman–Crippen MR) is 81.7 cm³/mol. The van der Waals surface area contributed by atoms with Gasteiger partial charge < -0.3 is 10.6 Å². The van der Waals surface area contributed by atoms with Gasteiger partial charge in [-0.25, -0.2) is 0 Å². The van der Waals surface area contributed by atoms with Crippen LogP contribution in [0.15, 0.2) is 12.1 Å². The van der Waals surface area contributed by atoms with Crippen molar-refractivity contribution in [3.05, 3.63) is 21.3 Å². The van der Waals surface area contributed by atoms with E-state index in [1.807, 2.05) is 6.07 Å². The fourth-order valence-corrected chi connectivity index (χ4v) is 4.93. The summed E-state index contributed by atoms with van der Waals surface area (Å²) in [5.41, 5.74) is 6.38. The number of halogens is 1. The van der Waals surface area contributed by atoms with Gasteiger partial charge in [-0.3, -0.25) is 4.90 Å². The van der Waals surface area contributed by atoms with E-state index in [0.717, 1.165) is 23.3 Å². The quantitative estimate of drug-likeness (QED) is 0.925. The molecule has 19 heavy (non-hydrogen) atoms. The van der Waals surface area contributed by atoms with Crippen LogP contribution in [0.2, 0.25) is 4.34 Å². The lowest BCUT2D eigenvalue weighted by Gasteiger charge is -2.48. The highest BCUT2D eigenvalue weighted by molar-refractivity contribution is 7.16. The van der Waals surface area contributed by atoms with Crippen LogP contribution >= 0.6 is 22.9 Å². The van der Waals surface area contributed by atoms with Crippen LogP contribution in [0.1, 0.15) is 17.7 Å². The molecule has 0 amide bonds. The first kappa shape index (κ1) is 13.8. The van der Waals surface area contributed by atoms with Crippen LogP contribution in [0.3, 0.4) is 0 Å². The van der Waals surface area contributed by atoms with E-state index in [2.05, 4.69) is 22.9 Å². The second-order valence-corrected chi connectivity index (χ2v) is 7.71. The summed E-state index contributed by atoms with van der Waals surface area (Å²) >= 11 is 7.71. The van der Waals surface area contributed by atoms with Gasteiger partial charge in [0.15, 0.2) is 0 Å². The minimum absolute atomic E-state index is 0.184. The Morgan fingerprint density at radius 1 is 1.53 bits per heavy atom. The van der Waals surface area contributed by atoms with Crippen molar-refractivity contribution in [2.24, 2.45) is 11.7 Å². The maximum absolute atomic E-state index is 6.20. The van der Waals surface area contributed by atoms with E-state index in [1.165, 1.54) is 37.4 Å². The predicted octanol–water partition coefficient (Wildman–Crippen LogP) is 2.26. The first-order chi connectivity index (χ1) is 9.14. The molecular formula is C14H22ClN3S. The maximum Gasteiger partial charge on any atom is 0.0931 e. The van der Waals surface area contributed by atoms with Gasteiger partial charge in [-0.2, -0.15) is 0 Å². The summed E-state index contributed by atoms with van der Waals surface area (Å²) in [6, 6.07) is 4.13. The molecule has 2 aliphatic rings. The Bertz CT molecular complexity index is 450. The fourth-order valence-electron chi connectivity index (χ4n) is 3.79. The monoisotopic (exact) mass is 299 g/mol. The summed E-state index contributed by atoms with van der Waals surface area (Å²) in [6.45, 7) is 5.41. The van der Waals surface area contributed by atoms with Gasteiger partial charge in [0.25, 0.3) is 0 Å². The third-order valence-corrected chi connectivity index (χ3v) is 6.24. The largest absolute Gasteiger partial charge is 0.329 e. The Hall–Kier alpha value is -0.130. The van der Waals surface area contributed by atoms with Gasteiger partial charge in [0, 0.05) is 30.1 Å². The van der Waals surface area contributed by atoms with E-state index >= 15 is 0 Å². The van der Waals surface area contributed by atoms with Crippen molar-refractivity contribution in [2.75, 3.05) is 33.2 Å². The Morgan fingerprint density at radius 2 is 2.37 bits per heavy atom. The van der Waals surface area contributed by atoms with Gasteiger partial charge in [0.2, 0.25) is 0 Å². The van der Waals surface area contributed by atoms with Crippen LogP contribution in [0.4, 0.5) is 0 Å². The van der Waals surface area contributed by atoms with Crippen LogP contribution in [-0.4, -0.2) is 48.6 Å². The smallest absolute Gasteiger partial charge is 0.0931 e. The third kappa shape index (κ3) is 2.45.